The molecule has 0 aromatic heterocycles. The first-order valence-corrected chi connectivity index (χ1v) is 8.65. The van der Waals surface area contributed by atoms with E-state index in [9.17, 15) is 18.8 Å². The number of ether oxygens (including phenoxy) is 1. The van der Waals surface area contributed by atoms with Crippen LogP contribution in [0.3, 0.4) is 0 Å². The lowest BCUT2D eigenvalue weighted by molar-refractivity contribution is 0.373. The van der Waals surface area contributed by atoms with Gasteiger partial charge in [0.2, 0.25) is 9.84 Å². The molecule has 0 unspecified atom stereocenters. The molecule has 0 aliphatic carbocycles. The van der Waals surface area contributed by atoms with Gasteiger partial charge in [0.1, 0.15) is 11.0 Å². The Kier molecular flexibility index (Phi) is 5.17. The number of allylic oxidation sites excluding steroid dienone is 1. The lowest BCUT2D eigenvalue weighted by atomic mass is 10.2. The van der Waals surface area contributed by atoms with Crippen LogP contribution in [-0.4, -0.2) is 20.6 Å². The Hall–Kier alpha value is -2.49. The highest BCUT2D eigenvalue weighted by Crippen LogP contribution is 2.36. The van der Waals surface area contributed by atoms with Crippen molar-refractivity contribution in [1.82, 2.24) is 0 Å². The molecule has 0 fully saturated rings. The predicted molar refractivity (Wildman–Crippen MR) is 91.6 cm³/mol. The number of aryl methyl sites for hydroxylation is 1. The zero-order chi connectivity index (χ0) is 17.9. The van der Waals surface area contributed by atoms with Gasteiger partial charge in [-0.05, 0) is 42.8 Å². The fourth-order valence-corrected chi connectivity index (χ4v) is 3.38. The van der Waals surface area contributed by atoms with Crippen molar-refractivity contribution in [3.63, 3.8) is 0 Å². The minimum absolute atomic E-state index is 0.00868. The number of aromatic hydroxyl groups is 1. The summed E-state index contributed by atoms with van der Waals surface area (Å²) in [4.78, 5) is -0.409. The lowest BCUT2D eigenvalue weighted by Gasteiger charge is -2.07. The Labute approximate surface area is 145 Å². The number of hydrogen-bond donors (Lipinski definition) is 1. The van der Waals surface area contributed by atoms with Gasteiger partial charge in [0, 0.05) is 0 Å². The van der Waals surface area contributed by atoms with E-state index in [1.165, 1.54) is 37.5 Å². The molecule has 0 aliphatic rings. The number of phenolic OH excluding ortho intramolecular Hbond substituents is 1. The molecule has 0 bridgehead atoms. The van der Waals surface area contributed by atoms with Crippen molar-refractivity contribution in [3.8, 4) is 17.6 Å². The van der Waals surface area contributed by atoms with Crippen LogP contribution in [0.4, 0.5) is 0 Å². The van der Waals surface area contributed by atoms with Crippen molar-refractivity contribution in [2.45, 2.75) is 11.8 Å². The summed E-state index contributed by atoms with van der Waals surface area (Å²) in [6.45, 7) is 1.84. The normalized spacial score (nSPS) is 11.8. The summed E-state index contributed by atoms with van der Waals surface area (Å²) in [6, 6.07) is 10.6. The lowest BCUT2D eigenvalue weighted by Crippen LogP contribution is -2.03. The summed E-state index contributed by atoms with van der Waals surface area (Å²) < 4.78 is 30.1. The first-order valence-electron chi connectivity index (χ1n) is 6.79. The van der Waals surface area contributed by atoms with Gasteiger partial charge in [-0.25, -0.2) is 8.42 Å². The Morgan fingerprint density at radius 1 is 1.29 bits per heavy atom. The molecule has 5 nitrogen and oxygen atoms in total. The van der Waals surface area contributed by atoms with Crippen LogP contribution in [0.5, 0.6) is 11.5 Å². The van der Waals surface area contributed by atoms with E-state index in [0.29, 0.717) is 5.56 Å². The van der Waals surface area contributed by atoms with Gasteiger partial charge in [0.25, 0.3) is 0 Å². The number of benzene rings is 2. The first kappa shape index (κ1) is 17.9. The fourth-order valence-electron chi connectivity index (χ4n) is 2.00. The molecule has 2 rings (SSSR count). The summed E-state index contributed by atoms with van der Waals surface area (Å²) in [7, 11) is -2.61. The Morgan fingerprint density at radius 2 is 1.92 bits per heavy atom. The third-order valence-corrected chi connectivity index (χ3v) is 5.27. The minimum Gasteiger partial charge on any atom is -0.503 e. The standard InChI is InChI=1S/C17H14ClNO4S/c1-11-3-5-13(6-4-11)24(21,22)14(10-19)7-12-8-15(18)17(20)16(9-12)23-2/h3-9,20H,1-2H3/b14-7+. The van der Waals surface area contributed by atoms with Crippen LogP contribution in [0.15, 0.2) is 46.2 Å². The number of sulfone groups is 1. The molecule has 0 aliphatic heterocycles. The highest BCUT2D eigenvalue weighted by atomic mass is 35.5. The van der Waals surface area contributed by atoms with E-state index >= 15 is 0 Å². The van der Waals surface area contributed by atoms with Crippen molar-refractivity contribution in [2.24, 2.45) is 0 Å². The highest BCUT2D eigenvalue weighted by Gasteiger charge is 2.21. The molecule has 24 heavy (non-hydrogen) atoms. The van der Waals surface area contributed by atoms with E-state index < -0.39 is 14.7 Å². The van der Waals surface area contributed by atoms with E-state index in [4.69, 9.17) is 16.3 Å². The molecule has 0 saturated carbocycles. The van der Waals surface area contributed by atoms with E-state index in [2.05, 4.69) is 0 Å². The SMILES string of the molecule is COc1cc(/C=C(\C#N)S(=O)(=O)c2ccc(C)cc2)cc(Cl)c1O. The molecule has 0 radical (unpaired) electrons. The molecular weight excluding hydrogens is 350 g/mol. The second-order valence-corrected chi connectivity index (χ2v) is 7.32. The van der Waals surface area contributed by atoms with Crippen LogP contribution in [0, 0.1) is 18.3 Å². The third-order valence-electron chi connectivity index (χ3n) is 3.30. The summed E-state index contributed by atoms with van der Waals surface area (Å²) in [6.07, 6.45) is 1.18. The molecule has 2 aromatic rings. The Balaban J connectivity index is 2.56. The number of rotatable bonds is 4. The van der Waals surface area contributed by atoms with Crippen LogP contribution in [0.1, 0.15) is 11.1 Å². The number of nitriles is 1. The van der Waals surface area contributed by atoms with Crippen molar-refractivity contribution in [1.29, 1.82) is 5.26 Å². The molecule has 0 saturated heterocycles. The van der Waals surface area contributed by atoms with E-state index in [-0.39, 0.29) is 21.4 Å². The van der Waals surface area contributed by atoms with E-state index in [1.807, 2.05) is 6.92 Å². The average Bonchev–Trinajstić information content (AvgIpc) is 2.55. The minimum atomic E-state index is -3.96. The fraction of sp³-hybridized carbons (Fsp3) is 0.118. The van der Waals surface area contributed by atoms with Gasteiger partial charge in [0.05, 0.1) is 17.0 Å². The van der Waals surface area contributed by atoms with Crippen LogP contribution < -0.4 is 4.74 Å². The second-order valence-electron chi connectivity index (χ2n) is 4.99. The van der Waals surface area contributed by atoms with E-state index in [0.717, 1.165) is 5.56 Å². The van der Waals surface area contributed by atoms with Crippen molar-refractivity contribution < 1.29 is 18.3 Å². The summed E-state index contributed by atoms with van der Waals surface area (Å²) in [5.74, 6) is -0.171. The van der Waals surface area contributed by atoms with Crippen molar-refractivity contribution >= 4 is 27.5 Å². The molecule has 2 aromatic carbocycles. The first-order chi connectivity index (χ1) is 11.3. The molecule has 0 atom stereocenters. The van der Waals surface area contributed by atoms with E-state index in [1.54, 1.807) is 18.2 Å². The smallest absolute Gasteiger partial charge is 0.216 e. The molecule has 1 N–H and O–H groups in total. The molecule has 7 heteroatoms. The largest absolute Gasteiger partial charge is 0.503 e. The van der Waals surface area contributed by atoms with Gasteiger partial charge >= 0.3 is 0 Å². The van der Waals surface area contributed by atoms with Gasteiger partial charge in [-0.3, -0.25) is 0 Å². The maximum absolute atomic E-state index is 12.6. The number of nitrogens with zero attached hydrogens (tertiary/aromatic N) is 1. The quantitative estimate of drug-likeness (QED) is 0.837. The zero-order valence-corrected chi connectivity index (χ0v) is 14.5. The monoisotopic (exact) mass is 363 g/mol. The predicted octanol–water partition coefficient (Wildman–Crippen LogP) is 3.70. The third kappa shape index (κ3) is 3.53. The number of phenols is 1. The summed E-state index contributed by atoms with van der Waals surface area (Å²) >= 11 is 5.88. The van der Waals surface area contributed by atoms with Crippen molar-refractivity contribution in [3.05, 3.63) is 57.5 Å². The number of hydrogen-bond acceptors (Lipinski definition) is 5. The topological polar surface area (TPSA) is 87.4 Å². The molecule has 0 heterocycles. The van der Waals surface area contributed by atoms with Crippen LogP contribution in [-0.2, 0) is 9.84 Å². The molecule has 0 amide bonds. The van der Waals surface area contributed by atoms with Gasteiger partial charge in [-0.15, -0.1) is 0 Å². The maximum Gasteiger partial charge on any atom is 0.216 e. The Morgan fingerprint density at radius 3 is 2.46 bits per heavy atom. The second kappa shape index (κ2) is 6.95. The van der Waals surface area contributed by atoms with Crippen LogP contribution >= 0.6 is 11.6 Å². The van der Waals surface area contributed by atoms with Gasteiger partial charge < -0.3 is 9.84 Å². The number of methoxy groups -OCH3 is 1. The summed E-state index contributed by atoms with van der Waals surface area (Å²) in [5.41, 5.74) is 1.23. The molecule has 0 spiro atoms. The molecule has 124 valence electrons. The number of halogens is 1. The Bertz CT molecular complexity index is 942. The zero-order valence-electron chi connectivity index (χ0n) is 12.9. The highest BCUT2D eigenvalue weighted by molar-refractivity contribution is 7.95. The van der Waals surface area contributed by atoms with Gasteiger partial charge in [-0.1, -0.05) is 29.3 Å². The van der Waals surface area contributed by atoms with Gasteiger partial charge in [0.15, 0.2) is 11.5 Å². The van der Waals surface area contributed by atoms with Crippen LogP contribution in [0.25, 0.3) is 6.08 Å². The average molecular weight is 364 g/mol. The van der Waals surface area contributed by atoms with Crippen molar-refractivity contribution in [2.75, 3.05) is 7.11 Å². The van der Waals surface area contributed by atoms with Gasteiger partial charge in [-0.2, -0.15) is 5.26 Å². The maximum atomic E-state index is 12.6. The molecular formula is C17H14ClNO4S. The van der Waals surface area contributed by atoms with Crippen LogP contribution in [0.2, 0.25) is 5.02 Å². The summed E-state index contributed by atoms with van der Waals surface area (Å²) in [5, 5.41) is 19.0.